The summed E-state index contributed by atoms with van der Waals surface area (Å²) in [5.74, 6) is 0.180. The minimum atomic E-state index is -0.245. The zero-order valence-electron chi connectivity index (χ0n) is 19.0. The van der Waals surface area contributed by atoms with Gasteiger partial charge in [0.15, 0.2) is 5.43 Å². The highest BCUT2D eigenvalue weighted by Crippen LogP contribution is 2.44. The lowest BCUT2D eigenvalue weighted by atomic mass is 9.98. The Kier molecular flexibility index (Phi) is 6.45. The van der Waals surface area contributed by atoms with Crippen molar-refractivity contribution in [1.82, 2.24) is 14.8 Å². The number of para-hydroxylation sites is 1. The van der Waals surface area contributed by atoms with Crippen LogP contribution in [0, 0.1) is 12.8 Å². The van der Waals surface area contributed by atoms with Crippen LogP contribution in [0.4, 0.5) is 0 Å². The minimum Gasteiger partial charge on any atom is -0.352 e. The highest BCUT2D eigenvalue weighted by atomic mass is 32.2. The molecule has 0 bridgehead atoms. The van der Waals surface area contributed by atoms with Gasteiger partial charge in [-0.25, -0.2) is 0 Å². The second-order valence-electron chi connectivity index (χ2n) is 9.12. The van der Waals surface area contributed by atoms with Crippen LogP contribution in [-0.4, -0.2) is 42.1 Å². The molecule has 0 saturated carbocycles. The van der Waals surface area contributed by atoms with Crippen molar-refractivity contribution < 1.29 is 4.79 Å². The number of pyridine rings is 1. The van der Waals surface area contributed by atoms with E-state index in [2.05, 4.69) is 50.8 Å². The number of piperidine rings is 1. The number of carbonyl (C=O) groups excluding carboxylic acids is 1. The fourth-order valence-corrected chi connectivity index (χ4v) is 7.15. The van der Waals surface area contributed by atoms with Crippen molar-refractivity contribution in [2.45, 2.75) is 36.3 Å². The molecule has 1 amide bonds. The number of aromatic nitrogens is 1. The van der Waals surface area contributed by atoms with Gasteiger partial charge in [0.1, 0.15) is 5.56 Å². The Bertz CT molecular complexity index is 1220. The Hall–Kier alpha value is -2.35. The number of benzene rings is 1. The van der Waals surface area contributed by atoms with Gasteiger partial charge >= 0.3 is 0 Å². The molecule has 2 aliphatic heterocycles. The van der Waals surface area contributed by atoms with Crippen molar-refractivity contribution in [3.8, 4) is 5.69 Å². The molecule has 1 fully saturated rings. The number of aryl methyl sites for hydroxylation is 1. The van der Waals surface area contributed by atoms with Crippen LogP contribution in [0.1, 0.15) is 45.4 Å². The first-order valence-electron chi connectivity index (χ1n) is 11.5. The zero-order valence-corrected chi connectivity index (χ0v) is 20.7. The molecular weight excluding hydrogens is 450 g/mol. The Morgan fingerprint density at radius 2 is 2.09 bits per heavy atom. The summed E-state index contributed by atoms with van der Waals surface area (Å²) in [6.45, 7) is 4.65. The average Bonchev–Trinajstić information content (AvgIpc) is 3.27. The van der Waals surface area contributed by atoms with Crippen LogP contribution in [0.3, 0.4) is 0 Å². The summed E-state index contributed by atoms with van der Waals surface area (Å²) in [6.07, 6.45) is 2.89. The van der Waals surface area contributed by atoms with E-state index in [1.807, 2.05) is 30.8 Å². The Balaban J connectivity index is 1.55. The lowest BCUT2D eigenvalue weighted by Gasteiger charge is -2.29. The minimum absolute atomic E-state index is 0.144. The smallest absolute Gasteiger partial charge is 0.257 e. The third-order valence-corrected chi connectivity index (χ3v) is 8.69. The first kappa shape index (κ1) is 22.4. The van der Waals surface area contributed by atoms with Crippen LogP contribution in [-0.2, 0) is 6.42 Å². The molecule has 1 N–H and O–H groups in total. The fourth-order valence-electron chi connectivity index (χ4n) is 5.09. The van der Waals surface area contributed by atoms with E-state index in [9.17, 15) is 9.59 Å². The third-order valence-electron chi connectivity index (χ3n) is 6.67. The molecule has 4 heterocycles. The van der Waals surface area contributed by atoms with E-state index in [4.69, 9.17) is 0 Å². The van der Waals surface area contributed by atoms with E-state index in [1.165, 1.54) is 5.56 Å². The molecule has 3 aromatic rings. The third kappa shape index (κ3) is 4.54. The number of thioether (sulfide) groups is 1. The van der Waals surface area contributed by atoms with Crippen molar-refractivity contribution in [2.75, 3.05) is 26.7 Å². The number of carbonyl (C=O) groups is 1. The molecule has 7 heteroatoms. The number of nitrogens with zero attached hydrogens (tertiary/aromatic N) is 2. The Morgan fingerprint density at radius 3 is 2.88 bits per heavy atom. The fraction of sp³-hybridized carbons (Fsp3) is 0.385. The summed E-state index contributed by atoms with van der Waals surface area (Å²) in [4.78, 5) is 30.1. The molecule has 1 saturated heterocycles. The first-order valence-corrected chi connectivity index (χ1v) is 13.3. The van der Waals surface area contributed by atoms with Crippen LogP contribution < -0.4 is 10.7 Å². The van der Waals surface area contributed by atoms with Gasteiger partial charge in [0.25, 0.3) is 5.91 Å². The molecule has 0 aliphatic carbocycles. The van der Waals surface area contributed by atoms with Crippen molar-refractivity contribution in [1.29, 1.82) is 0 Å². The lowest BCUT2D eigenvalue weighted by molar-refractivity contribution is 0.0934. The molecule has 0 unspecified atom stereocenters. The average molecular weight is 480 g/mol. The van der Waals surface area contributed by atoms with Gasteiger partial charge in [-0.15, -0.1) is 11.8 Å². The van der Waals surface area contributed by atoms with Crippen LogP contribution in [0.5, 0.6) is 0 Å². The van der Waals surface area contributed by atoms with Gasteiger partial charge < -0.3 is 14.8 Å². The molecule has 0 spiro atoms. The summed E-state index contributed by atoms with van der Waals surface area (Å²) < 4.78 is 2.12. The monoisotopic (exact) mass is 479 g/mol. The number of rotatable bonds is 4. The van der Waals surface area contributed by atoms with Gasteiger partial charge in [0, 0.05) is 47.1 Å². The molecule has 33 heavy (non-hydrogen) atoms. The van der Waals surface area contributed by atoms with E-state index >= 15 is 0 Å². The normalized spacial score (nSPS) is 20.5. The quantitative estimate of drug-likeness (QED) is 0.591. The number of hydrogen-bond acceptors (Lipinski definition) is 5. The maximum atomic E-state index is 13.4. The van der Waals surface area contributed by atoms with E-state index in [-0.39, 0.29) is 16.6 Å². The topological polar surface area (TPSA) is 54.3 Å². The van der Waals surface area contributed by atoms with Gasteiger partial charge in [0.2, 0.25) is 0 Å². The largest absolute Gasteiger partial charge is 0.352 e. The number of fused-ring (bicyclic) bond motifs is 3. The zero-order chi connectivity index (χ0) is 22.9. The van der Waals surface area contributed by atoms with Gasteiger partial charge in [-0.3, -0.25) is 9.59 Å². The summed E-state index contributed by atoms with van der Waals surface area (Å²) in [7, 11) is 2.12. The van der Waals surface area contributed by atoms with Crippen molar-refractivity contribution in [3.63, 3.8) is 0 Å². The van der Waals surface area contributed by atoms with Gasteiger partial charge in [-0.2, -0.15) is 11.3 Å². The second kappa shape index (κ2) is 9.49. The molecule has 5 rings (SSSR count). The summed E-state index contributed by atoms with van der Waals surface area (Å²) >= 11 is 3.49. The number of nitrogens with one attached hydrogen (secondary N) is 1. The molecule has 172 valence electrons. The molecule has 1 aromatic carbocycles. The number of hydrogen-bond donors (Lipinski definition) is 1. The molecule has 5 nitrogen and oxygen atoms in total. The predicted octanol–water partition coefficient (Wildman–Crippen LogP) is 4.67. The second-order valence-corrected chi connectivity index (χ2v) is 11.1. The Labute approximate surface area is 202 Å². The van der Waals surface area contributed by atoms with E-state index in [1.54, 1.807) is 17.4 Å². The molecule has 2 atom stereocenters. The van der Waals surface area contributed by atoms with Crippen LogP contribution in [0.25, 0.3) is 5.69 Å². The Morgan fingerprint density at radius 1 is 1.24 bits per heavy atom. The molecular formula is C26H29N3O2S2. The van der Waals surface area contributed by atoms with Gasteiger partial charge in [-0.1, -0.05) is 12.1 Å². The lowest BCUT2D eigenvalue weighted by Crippen LogP contribution is -2.40. The van der Waals surface area contributed by atoms with Crippen LogP contribution >= 0.6 is 23.1 Å². The van der Waals surface area contributed by atoms with Crippen molar-refractivity contribution in [2.24, 2.45) is 5.92 Å². The summed E-state index contributed by atoms with van der Waals surface area (Å²) in [5, 5.41) is 7.51. The van der Waals surface area contributed by atoms with Crippen LogP contribution in [0.15, 0.2) is 56.8 Å². The summed E-state index contributed by atoms with van der Waals surface area (Å²) in [5.41, 5.74) is 4.05. The van der Waals surface area contributed by atoms with Gasteiger partial charge in [-0.05, 0) is 73.8 Å². The maximum absolute atomic E-state index is 13.4. The van der Waals surface area contributed by atoms with E-state index in [0.29, 0.717) is 24.4 Å². The summed E-state index contributed by atoms with van der Waals surface area (Å²) in [6, 6.07) is 12.0. The number of amides is 1. The highest BCUT2D eigenvalue weighted by molar-refractivity contribution is 7.99. The first-order chi connectivity index (χ1) is 16.0. The molecule has 0 radical (unpaired) electrons. The maximum Gasteiger partial charge on any atom is 0.257 e. The molecule has 2 aromatic heterocycles. The standard InChI is InChI=1S/C26H29N3O2S2/c1-17-12-22(30)25(26(31)27-14-18-6-5-10-28(2)15-18)21-13-24(19-9-11-32-16-19)33-23-8-4-3-7-20(23)29(17)21/h3-4,7-9,11-12,16,18,24H,5-6,10,13-15H2,1-2H3,(H,27,31)/t18-,24-/m1/s1. The van der Waals surface area contributed by atoms with Crippen LogP contribution in [0.2, 0.25) is 0 Å². The predicted molar refractivity (Wildman–Crippen MR) is 136 cm³/mol. The number of thiophene rings is 1. The number of likely N-dealkylation sites (tertiary alicyclic amines) is 1. The van der Waals surface area contributed by atoms with E-state index < -0.39 is 0 Å². The molecule has 2 aliphatic rings. The van der Waals surface area contributed by atoms with Crippen molar-refractivity contribution >= 4 is 29.0 Å². The SMILES string of the molecule is Cc1cc(=O)c(C(=O)NC[C@H]2CCCN(C)C2)c2n1-c1ccccc1S[C@@H](c1ccsc1)C2. The highest BCUT2D eigenvalue weighted by Gasteiger charge is 2.29. The van der Waals surface area contributed by atoms with E-state index in [0.717, 1.165) is 47.9 Å². The van der Waals surface area contributed by atoms with Gasteiger partial charge in [0.05, 0.1) is 5.69 Å². The van der Waals surface area contributed by atoms with Crippen molar-refractivity contribution in [3.05, 3.63) is 79.9 Å².